The minimum atomic E-state index is -0.685. The van der Waals surface area contributed by atoms with E-state index in [0.717, 1.165) is 24.3 Å². The number of carbonyl (C=O) groups excluding carboxylic acids is 3. The number of benzene rings is 3. The Morgan fingerprint density at radius 3 is 2.33 bits per heavy atom. The first-order chi connectivity index (χ1) is 19.5. The molecule has 0 heterocycles. The van der Waals surface area contributed by atoms with Gasteiger partial charge in [0.15, 0.2) is 5.78 Å². The smallest absolute Gasteiger partial charge is 0.328 e. The number of esters is 1. The standard InChI is InChI=1S/C33H38N2O5/c1-3-31(36)35(23-25-14-15-25)20-9-21-40-27-18-16-24(17-19-27)22-30(33(38)39-2)34-29-13-8-7-12-28(29)32(37)26-10-5-4-6-11-26/h4-8,10-13,16-19,25,30,34H,3,9,14-15,20-23H2,1-2H3. The summed E-state index contributed by atoms with van der Waals surface area (Å²) >= 11 is 0. The van der Waals surface area contributed by atoms with Gasteiger partial charge < -0.3 is 19.7 Å². The summed E-state index contributed by atoms with van der Waals surface area (Å²) in [4.78, 5) is 40.0. The average Bonchev–Trinajstić information content (AvgIpc) is 3.83. The number of nitrogens with zero attached hydrogens (tertiary/aromatic N) is 1. The molecule has 1 amide bonds. The molecule has 1 aliphatic carbocycles. The van der Waals surface area contributed by atoms with Crippen molar-refractivity contribution in [3.63, 3.8) is 0 Å². The van der Waals surface area contributed by atoms with E-state index >= 15 is 0 Å². The largest absolute Gasteiger partial charge is 0.494 e. The van der Waals surface area contributed by atoms with Crippen LogP contribution in [0.2, 0.25) is 0 Å². The molecule has 3 aromatic carbocycles. The molecule has 1 fully saturated rings. The monoisotopic (exact) mass is 542 g/mol. The zero-order valence-corrected chi connectivity index (χ0v) is 23.3. The van der Waals surface area contributed by atoms with Gasteiger partial charge in [0, 0.05) is 42.7 Å². The average molecular weight is 543 g/mol. The highest BCUT2D eigenvalue weighted by Gasteiger charge is 2.26. The molecule has 1 unspecified atom stereocenters. The highest BCUT2D eigenvalue weighted by atomic mass is 16.5. The summed E-state index contributed by atoms with van der Waals surface area (Å²) in [5.74, 6) is 1.08. The molecule has 3 aromatic rings. The summed E-state index contributed by atoms with van der Waals surface area (Å²) in [5, 5.41) is 3.24. The van der Waals surface area contributed by atoms with Crippen LogP contribution in [-0.2, 0) is 20.7 Å². The summed E-state index contributed by atoms with van der Waals surface area (Å²) in [6, 6.07) is 23.2. The predicted molar refractivity (Wildman–Crippen MR) is 156 cm³/mol. The Bertz CT molecular complexity index is 1270. The molecule has 0 aromatic heterocycles. The summed E-state index contributed by atoms with van der Waals surface area (Å²) in [6.45, 7) is 4.00. The SMILES string of the molecule is CCC(=O)N(CCCOc1ccc(CC(Nc2ccccc2C(=O)c2ccccc2)C(=O)OC)cc1)CC1CC1. The Labute approximate surface area is 236 Å². The second-order valence-corrected chi connectivity index (χ2v) is 10.1. The van der Waals surface area contributed by atoms with Gasteiger partial charge >= 0.3 is 5.97 Å². The van der Waals surface area contributed by atoms with E-state index in [2.05, 4.69) is 5.32 Å². The molecule has 7 nitrogen and oxygen atoms in total. The van der Waals surface area contributed by atoms with Gasteiger partial charge in [-0.25, -0.2) is 4.79 Å². The normalized spacial score (nSPS) is 13.2. The van der Waals surface area contributed by atoms with Crippen LogP contribution in [-0.4, -0.2) is 55.4 Å². The second-order valence-electron chi connectivity index (χ2n) is 10.1. The summed E-state index contributed by atoms with van der Waals surface area (Å²) < 4.78 is 11.0. The molecule has 1 saturated carbocycles. The Hall–Kier alpha value is -4.13. The van der Waals surface area contributed by atoms with Gasteiger partial charge in [-0.3, -0.25) is 9.59 Å². The Balaban J connectivity index is 1.34. The number of hydrogen-bond donors (Lipinski definition) is 1. The number of ketones is 1. The van der Waals surface area contributed by atoms with Crippen LogP contribution in [0.25, 0.3) is 0 Å². The van der Waals surface area contributed by atoms with Crippen molar-refractivity contribution in [2.45, 2.75) is 45.1 Å². The van der Waals surface area contributed by atoms with Gasteiger partial charge in [0.2, 0.25) is 5.91 Å². The fraction of sp³-hybridized carbons (Fsp3) is 0.364. The molecular weight excluding hydrogens is 504 g/mol. The molecular formula is C33H38N2O5. The highest BCUT2D eigenvalue weighted by Crippen LogP contribution is 2.30. The zero-order chi connectivity index (χ0) is 28.3. The van der Waals surface area contributed by atoms with Crippen molar-refractivity contribution in [2.75, 3.05) is 32.1 Å². The van der Waals surface area contributed by atoms with Crippen LogP contribution in [0.1, 0.15) is 54.1 Å². The summed E-state index contributed by atoms with van der Waals surface area (Å²) in [7, 11) is 1.36. The van der Waals surface area contributed by atoms with Crippen LogP contribution in [0, 0.1) is 5.92 Å². The van der Waals surface area contributed by atoms with Crippen molar-refractivity contribution in [1.82, 2.24) is 4.90 Å². The van der Waals surface area contributed by atoms with Crippen molar-refractivity contribution in [1.29, 1.82) is 0 Å². The van der Waals surface area contributed by atoms with E-state index < -0.39 is 12.0 Å². The predicted octanol–water partition coefficient (Wildman–Crippen LogP) is 5.53. The molecule has 0 aliphatic heterocycles. The molecule has 0 bridgehead atoms. The molecule has 7 heteroatoms. The molecule has 210 valence electrons. The number of para-hydroxylation sites is 1. The number of methoxy groups -OCH3 is 1. The van der Waals surface area contributed by atoms with E-state index in [9.17, 15) is 14.4 Å². The Kier molecular flexibility index (Phi) is 10.3. The number of anilines is 1. The molecule has 0 radical (unpaired) electrons. The molecule has 1 atom stereocenters. The van der Waals surface area contributed by atoms with Crippen molar-refractivity contribution in [3.05, 3.63) is 95.6 Å². The minimum absolute atomic E-state index is 0.122. The fourth-order valence-corrected chi connectivity index (χ4v) is 4.63. The van der Waals surface area contributed by atoms with E-state index in [0.29, 0.717) is 48.7 Å². The number of nitrogens with one attached hydrogen (secondary N) is 1. The minimum Gasteiger partial charge on any atom is -0.494 e. The van der Waals surface area contributed by atoms with Crippen LogP contribution >= 0.6 is 0 Å². The number of amides is 1. The lowest BCUT2D eigenvalue weighted by molar-refractivity contribution is -0.141. The highest BCUT2D eigenvalue weighted by molar-refractivity contribution is 6.12. The third kappa shape index (κ3) is 8.18. The van der Waals surface area contributed by atoms with Gasteiger partial charge in [0.1, 0.15) is 11.8 Å². The van der Waals surface area contributed by atoms with E-state index in [-0.39, 0.29) is 11.7 Å². The lowest BCUT2D eigenvalue weighted by atomic mass is 10.00. The van der Waals surface area contributed by atoms with E-state index in [1.807, 2.05) is 60.4 Å². The van der Waals surface area contributed by atoms with Crippen LogP contribution in [0.3, 0.4) is 0 Å². The van der Waals surface area contributed by atoms with Crippen LogP contribution in [0.15, 0.2) is 78.9 Å². The van der Waals surface area contributed by atoms with Crippen molar-refractivity contribution in [2.24, 2.45) is 5.92 Å². The van der Waals surface area contributed by atoms with E-state index in [4.69, 9.17) is 9.47 Å². The molecule has 4 rings (SSSR count). The first-order valence-electron chi connectivity index (χ1n) is 14.0. The van der Waals surface area contributed by atoms with Crippen molar-refractivity contribution >= 4 is 23.3 Å². The van der Waals surface area contributed by atoms with Gasteiger partial charge in [-0.05, 0) is 55.0 Å². The molecule has 0 saturated heterocycles. The summed E-state index contributed by atoms with van der Waals surface area (Å²) in [6.07, 6.45) is 4.12. The maximum Gasteiger partial charge on any atom is 0.328 e. The summed E-state index contributed by atoms with van der Waals surface area (Å²) in [5.41, 5.74) is 2.56. The lowest BCUT2D eigenvalue weighted by Gasteiger charge is -2.22. The van der Waals surface area contributed by atoms with Gasteiger partial charge in [-0.2, -0.15) is 0 Å². The van der Waals surface area contributed by atoms with Gasteiger partial charge in [0.05, 0.1) is 13.7 Å². The fourth-order valence-electron chi connectivity index (χ4n) is 4.63. The molecule has 1 aliphatic rings. The topological polar surface area (TPSA) is 84.9 Å². The maximum absolute atomic E-state index is 13.1. The molecule has 1 N–H and O–H groups in total. The zero-order valence-electron chi connectivity index (χ0n) is 23.3. The lowest BCUT2D eigenvalue weighted by Crippen LogP contribution is -2.34. The van der Waals surface area contributed by atoms with Crippen LogP contribution in [0.5, 0.6) is 5.75 Å². The van der Waals surface area contributed by atoms with E-state index in [1.54, 1.807) is 30.3 Å². The van der Waals surface area contributed by atoms with Crippen LogP contribution in [0.4, 0.5) is 5.69 Å². The van der Waals surface area contributed by atoms with Crippen molar-refractivity contribution in [3.8, 4) is 5.75 Å². The van der Waals surface area contributed by atoms with Gasteiger partial charge in [-0.15, -0.1) is 0 Å². The molecule has 0 spiro atoms. The van der Waals surface area contributed by atoms with Gasteiger partial charge in [-0.1, -0.05) is 61.5 Å². The Morgan fingerprint density at radius 2 is 1.65 bits per heavy atom. The maximum atomic E-state index is 13.1. The first kappa shape index (κ1) is 28.9. The molecule has 40 heavy (non-hydrogen) atoms. The number of carbonyl (C=O) groups is 3. The van der Waals surface area contributed by atoms with Gasteiger partial charge in [0.25, 0.3) is 0 Å². The first-order valence-corrected chi connectivity index (χ1v) is 14.0. The third-order valence-corrected chi connectivity index (χ3v) is 7.06. The quantitative estimate of drug-likeness (QED) is 0.154. The van der Waals surface area contributed by atoms with E-state index in [1.165, 1.54) is 20.0 Å². The second kappa shape index (κ2) is 14.3. The number of ether oxygens (including phenoxy) is 2. The van der Waals surface area contributed by atoms with Crippen molar-refractivity contribution < 1.29 is 23.9 Å². The Morgan fingerprint density at radius 1 is 0.950 bits per heavy atom. The third-order valence-electron chi connectivity index (χ3n) is 7.06. The number of hydrogen-bond acceptors (Lipinski definition) is 6. The number of rotatable bonds is 15. The van der Waals surface area contributed by atoms with Crippen LogP contribution < -0.4 is 10.1 Å².